The average Bonchev–Trinajstić information content (AvgIpc) is 2.78. The van der Waals surface area contributed by atoms with Gasteiger partial charge < -0.3 is 4.74 Å². The number of benzene rings is 1. The topological polar surface area (TPSA) is 80.8 Å². The van der Waals surface area contributed by atoms with Gasteiger partial charge in [0.2, 0.25) is 11.8 Å². The highest BCUT2D eigenvalue weighted by Gasteiger charge is 2.30. The van der Waals surface area contributed by atoms with Crippen LogP contribution in [0, 0.1) is 0 Å². The Hall–Kier alpha value is -2.50. The predicted molar refractivity (Wildman–Crippen MR) is 73.7 cm³/mol. The molecule has 1 unspecified atom stereocenters. The number of hydrogen-bond donors (Lipinski definition) is 0. The lowest BCUT2D eigenvalue weighted by Crippen LogP contribution is -2.29. The molecule has 0 aromatic heterocycles. The summed E-state index contributed by atoms with van der Waals surface area (Å²) in [5.41, 5.74) is 0.528. The van der Waals surface area contributed by atoms with Crippen LogP contribution in [0.1, 0.15) is 37.0 Å². The van der Waals surface area contributed by atoms with Crippen molar-refractivity contribution < 1.29 is 23.9 Å². The van der Waals surface area contributed by atoms with Gasteiger partial charge in [-0.1, -0.05) is 6.07 Å². The first-order valence-electron chi connectivity index (χ1n) is 6.57. The van der Waals surface area contributed by atoms with Crippen LogP contribution in [0.2, 0.25) is 0 Å². The van der Waals surface area contributed by atoms with Crippen molar-refractivity contribution in [1.82, 2.24) is 0 Å². The number of anilines is 1. The number of Topliss-reactive ketones (excluding diaryl/α,β-unsaturated/α-hetero) is 1. The number of imide groups is 1. The Kier molecular flexibility index (Phi) is 4.16. The lowest BCUT2D eigenvalue weighted by Gasteiger charge is -2.15. The van der Waals surface area contributed by atoms with E-state index in [0.717, 1.165) is 4.90 Å². The molecular weight excluding hydrogens is 274 g/mol. The smallest absolute Gasteiger partial charge is 0.338 e. The minimum Gasteiger partial charge on any atom is -0.451 e. The molecule has 1 heterocycles. The molecule has 0 N–H and O–H groups in total. The molecule has 2 rings (SSSR count). The summed E-state index contributed by atoms with van der Waals surface area (Å²) >= 11 is 0. The van der Waals surface area contributed by atoms with Gasteiger partial charge in [-0.15, -0.1) is 0 Å². The minimum absolute atomic E-state index is 0.175. The summed E-state index contributed by atoms with van der Waals surface area (Å²) in [6, 6.07) is 6.05. The molecule has 0 spiro atoms. The zero-order valence-corrected chi connectivity index (χ0v) is 11.8. The van der Waals surface area contributed by atoms with E-state index in [1.807, 2.05) is 0 Å². The standard InChI is InChI=1S/C15H15NO5/c1-9(17)10(2)21-15(20)11-4-3-5-12(8-11)16-13(18)6-7-14(16)19/h3-5,8,10H,6-7H2,1-2H3. The van der Waals surface area contributed by atoms with E-state index < -0.39 is 12.1 Å². The summed E-state index contributed by atoms with van der Waals surface area (Å²) in [5.74, 6) is -1.51. The maximum Gasteiger partial charge on any atom is 0.338 e. The van der Waals surface area contributed by atoms with Crippen molar-refractivity contribution in [2.45, 2.75) is 32.8 Å². The Morgan fingerprint density at radius 1 is 1.19 bits per heavy atom. The van der Waals surface area contributed by atoms with E-state index in [4.69, 9.17) is 4.74 Å². The van der Waals surface area contributed by atoms with E-state index in [0.29, 0.717) is 5.69 Å². The zero-order chi connectivity index (χ0) is 15.6. The molecule has 1 aliphatic rings. The van der Waals surface area contributed by atoms with E-state index in [-0.39, 0.29) is 36.0 Å². The van der Waals surface area contributed by atoms with Crippen LogP contribution in [0.5, 0.6) is 0 Å². The maximum atomic E-state index is 11.9. The summed E-state index contributed by atoms with van der Waals surface area (Å²) in [7, 11) is 0. The second-order valence-electron chi connectivity index (χ2n) is 4.83. The number of ether oxygens (including phenoxy) is 1. The van der Waals surface area contributed by atoms with Gasteiger partial charge in [-0.05, 0) is 32.0 Å². The average molecular weight is 289 g/mol. The largest absolute Gasteiger partial charge is 0.451 e. The number of carbonyl (C=O) groups is 4. The third-order valence-corrected chi connectivity index (χ3v) is 3.25. The minimum atomic E-state index is -0.837. The number of carbonyl (C=O) groups excluding carboxylic acids is 4. The fourth-order valence-corrected chi connectivity index (χ4v) is 1.95. The van der Waals surface area contributed by atoms with Crippen LogP contribution in [-0.4, -0.2) is 29.7 Å². The third kappa shape index (κ3) is 3.16. The highest BCUT2D eigenvalue weighted by atomic mass is 16.5. The number of hydrogen-bond acceptors (Lipinski definition) is 5. The van der Waals surface area contributed by atoms with Crippen molar-refractivity contribution in [2.75, 3.05) is 4.90 Å². The van der Waals surface area contributed by atoms with Crippen LogP contribution >= 0.6 is 0 Å². The highest BCUT2D eigenvalue weighted by Crippen LogP contribution is 2.23. The van der Waals surface area contributed by atoms with Crippen LogP contribution in [0.25, 0.3) is 0 Å². The molecule has 110 valence electrons. The molecule has 6 nitrogen and oxygen atoms in total. The first kappa shape index (κ1) is 14.9. The molecule has 1 aromatic rings. The first-order valence-corrected chi connectivity index (χ1v) is 6.57. The predicted octanol–water partition coefficient (Wildman–Crippen LogP) is 1.47. The van der Waals surface area contributed by atoms with Gasteiger partial charge in [0.1, 0.15) is 0 Å². The van der Waals surface area contributed by atoms with Gasteiger partial charge in [0.25, 0.3) is 0 Å². The second-order valence-corrected chi connectivity index (χ2v) is 4.83. The van der Waals surface area contributed by atoms with Gasteiger partial charge >= 0.3 is 5.97 Å². The van der Waals surface area contributed by atoms with Gasteiger partial charge in [-0.25, -0.2) is 4.79 Å². The van der Waals surface area contributed by atoms with E-state index in [9.17, 15) is 19.2 Å². The molecule has 0 aliphatic carbocycles. The lowest BCUT2D eigenvalue weighted by atomic mass is 10.2. The van der Waals surface area contributed by atoms with Crippen LogP contribution in [0.4, 0.5) is 5.69 Å². The Bertz CT molecular complexity index is 606. The van der Waals surface area contributed by atoms with E-state index in [2.05, 4.69) is 0 Å². The van der Waals surface area contributed by atoms with Crippen molar-refractivity contribution >= 4 is 29.3 Å². The fraction of sp³-hybridized carbons (Fsp3) is 0.333. The number of nitrogens with zero attached hydrogens (tertiary/aromatic N) is 1. The van der Waals surface area contributed by atoms with Gasteiger partial charge in [0, 0.05) is 12.8 Å². The molecule has 1 fully saturated rings. The summed E-state index contributed by atoms with van der Waals surface area (Å²) in [5, 5.41) is 0. The Balaban J connectivity index is 2.22. The Labute approximate surface area is 121 Å². The molecule has 0 radical (unpaired) electrons. The van der Waals surface area contributed by atoms with Crippen molar-refractivity contribution in [3.8, 4) is 0 Å². The zero-order valence-electron chi connectivity index (χ0n) is 11.8. The van der Waals surface area contributed by atoms with Crippen molar-refractivity contribution in [3.05, 3.63) is 29.8 Å². The highest BCUT2D eigenvalue weighted by molar-refractivity contribution is 6.20. The molecule has 1 aromatic carbocycles. The fourth-order valence-electron chi connectivity index (χ4n) is 1.95. The third-order valence-electron chi connectivity index (χ3n) is 3.25. The quantitative estimate of drug-likeness (QED) is 0.619. The summed E-state index contributed by atoms with van der Waals surface area (Å²) < 4.78 is 4.99. The van der Waals surface area contributed by atoms with Gasteiger partial charge in [0.05, 0.1) is 11.3 Å². The van der Waals surface area contributed by atoms with Crippen molar-refractivity contribution in [2.24, 2.45) is 0 Å². The molecule has 1 aliphatic heterocycles. The summed E-state index contributed by atoms with van der Waals surface area (Å²) in [4.78, 5) is 47.4. The molecule has 0 bridgehead atoms. The summed E-state index contributed by atoms with van der Waals surface area (Å²) in [6.07, 6.45) is -0.486. The van der Waals surface area contributed by atoms with Crippen molar-refractivity contribution in [3.63, 3.8) is 0 Å². The normalized spacial score (nSPS) is 16.0. The molecule has 21 heavy (non-hydrogen) atoms. The number of amides is 2. The maximum absolute atomic E-state index is 11.9. The van der Waals surface area contributed by atoms with Crippen molar-refractivity contribution in [1.29, 1.82) is 0 Å². The number of rotatable bonds is 4. The second kappa shape index (κ2) is 5.87. The van der Waals surface area contributed by atoms with Crippen LogP contribution in [-0.2, 0) is 19.1 Å². The molecule has 6 heteroatoms. The summed E-state index contributed by atoms with van der Waals surface area (Å²) in [6.45, 7) is 2.81. The molecule has 1 saturated heterocycles. The Morgan fingerprint density at radius 3 is 2.38 bits per heavy atom. The SMILES string of the molecule is CC(=O)C(C)OC(=O)c1cccc(N2C(=O)CCC2=O)c1. The van der Waals surface area contributed by atoms with Crippen LogP contribution in [0.15, 0.2) is 24.3 Å². The van der Waals surface area contributed by atoms with Gasteiger partial charge in [-0.2, -0.15) is 0 Å². The van der Waals surface area contributed by atoms with Crippen LogP contribution in [0.3, 0.4) is 0 Å². The van der Waals surface area contributed by atoms with Gasteiger partial charge in [-0.3, -0.25) is 19.3 Å². The molecule has 1 atom stereocenters. The Morgan fingerprint density at radius 2 is 1.81 bits per heavy atom. The van der Waals surface area contributed by atoms with Gasteiger partial charge in [0.15, 0.2) is 11.9 Å². The van der Waals surface area contributed by atoms with Crippen LogP contribution < -0.4 is 4.90 Å². The number of ketones is 1. The molecule has 0 saturated carbocycles. The van der Waals surface area contributed by atoms with E-state index >= 15 is 0 Å². The monoisotopic (exact) mass is 289 g/mol. The van der Waals surface area contributed by atoms with E-state index in [1.54, 1.807) is 12.1 Å². The first-order chi connectivity index (χ1) is 9.90. The molecular formula is C15H15NO5. The van der Waals surface area contributed by atoms with E-state index in [1.165, 1.54) is 26.0 Å². The number of esters is 1. The molecule has 2 amide bonds. The lowest BCUT2D eigenvalue weighted by molar-refractivity contribution is -0.124.